The predicted molar refractivity (Wildman–Crippen MR) is 101 cm³/mol. The van der Waals surface area contributed by atoms with Crippen molar-refractivity contribution in [2.45, 2.75) is 92.1 Å². The monoisotopic (exact) mass is 504 g/mol. The largest absolute Gasteiger partial charge is 0.394 e. The third-order valence-electron chi connectivity index (χ3n) is 6.09. The fourth-order valence-electron chi connectivity index (χ4n) is 4.06. The highest BCUT2D eigenvalue weighted by atomic mass is 16.8. The summed E-state index contributed by atoms with van der Waals surface area (Å²) < 4.78 is 26.4. The van der Waals surface area contributed by atoms with Crippen LogP contribution in [0.25, 0.3) is 0 Å². The van der Waals surface area contributed by atoms with Gasteiger partial charge in [0.15, 0.2) is 18.9 Å². The van der Waals surface area contributed by atoms with E-state index < -0.39 is 112 Å². The minimum absolute atomic E-state index is 0.741. The SMILES string of the molecule is OCC1O[C@H](O[C@@H]2C(CO)O[C@H](O[C@@H]3C(CO)O[C@@H](O)[C@@H](O)C3O)C(O)C2O)C(O)C(O)[C@@H]1O. The van der Waals surface area contributed by atoms with Crippen molar-refractivity contribution in [1.82, 2.24) is 0 Å². The lowest BCUT2D eigenvalue weighted by Crippen LogP contribution is -2.66. The molecule has 3 saturated heterocycles. The van der Waals surface area contributed by atoms with Crippen molar-refractivity contribution in [3.8, 4) is 0 Å². The number of aliphatic hydroxyl groups excluding tert-OH is 11. The zero-order valence-electron chi connectivity index (χ0n) is 17.7. The van der Waals surface area contributed by atoms with Gasteiger partial charge in [-0.25, -0.2) is 0 Å². The molecule has 34 heavy (non-hydrogen) atoms. The first kappa shape index (κ1) is 27.9. The molecular formula is C18H32O16. The average Bonchev–Trinajstić information content (AvgIpc) is 2.83. The summed E-state index contributed by atoms with van der Waals surface area (Å²) in [6.07, 6.45) is -25.1. The Kier molecular flexibility index (Phi) is 9.54. The maximum Gasteiger partial charge on any atom is 0.187 e. The van der Waals surface area contributed by atoms with E-state index in [1.54, 1.807) is 0 Å². The van der Waals surface area contributed by atoms with Gasteiger partial charge in [0.05, 0.1) is 19.8 Å². The van der Waals surface area contributed by atoms with Gasteiger partial charge in [-0.2, -0.15) is 0 Å². The third-order valence-corrected chi connectivity index (χ3v) is 6.09. The summed E-state index contributed by atoms with van der Waals surface area (Å²) in [6, 6.07) is 0. The summed E-state index contributed by atoms with van der Waals surface area (Å²) >= 11 is 0. The van der Waals surface area contributed by atoms with E-state index in [-0.39, 0.29) is 0 Å². The molecule has 0 radical (unpaired) electrons. The molecule has 3 rings (SSSR count). The molecule has 0 spiro atoms. The molecule has 11 N–H and O–H groups in total. The predicted octanol–water partition coefficient (Wildman–Crippen LogP) is -7.57. The Bertz CT molecular complexity index is 635. The quantitative estimate of drug-likeness (QED) is 0.154. The molecule has 0 bridgehead atoms. The van der Waals surface area contributed by atoms with Gasteiger partial charge in [0, 0.05) is 0 Å². The molecule has 0 aromatic rings. The Morgan fingerprint density at radius 3 is 1.35 bits per heavy atom. The topological polar surface area (TPSA) is 269 Å². The summed E-state index contributed by atoms with van der Waals surface area (Å²) in [4.78, 5) is 0. The highest BCUT2D eigenvalue weighted by molar-refractivity contribution is 4.96. The third kappa shape index (κ3) is 5.37. The summed E-state index contributed by atoms with van der Waals surface area (Å²) in [5.74, 6) is 0. The second-order valence-corrected chi connectivity index (χ2v) is 8.33. The van der Waals surface area contributed by atoms with Gasteiger partial charge in [0.2, 0.25) is 0 Å². The van der Waals surface area contributed by atoms with Crippen molar-refractivity contribution in [3.63, 3.8) is 0 Å². The standard InChI is InChI=1S/C18H32O16/c19-1-4-7(22)8(23)12(27)17(31-4)34-15-6(3-21)32-18(13(28)10(15)25)33-14-5(2-20)30-16(29)11(26)9(14)24/h4-29H,1-3H2/t4?,5?,6?,7-,8?,9?,10?,11+,12?,13?,14-,15-,16-,17-,18-/m1/s1. The van der Waals surface area contributed by atoms with Gasteiger partial charge in [-0.3, -0.25) is 0 Å². The molecule has 3 aliphatic heterocycles. The normalized spacial score (nSPS) is 52.5. The molecule has 200 valence electrons. The van der Waals surface area contributed by atoms with Crippen LogP contribution in [0.15, 0.2) is 0 Å². The number of rotatable bonds is 7. The minimum atomic E-state index is -1.91. The van der Waals surface area contributed by atoms with E-state index in [4.69, 9.17) is 23.7 Å². The molecule has 16 heteroatoms. The van der Waals surface area contributed by atoms with Gasteiger partial charge in [0.1, 0.15) is 73.2 Å². The Balaban J connectivity index is 1.72. The van der Waals surface area contributed by atoms with Crippen molar-refractivity contribution >= 4 is 0 Å². The molecule has 3 fully saturated rings. The summed E-state index contributed by atoms with van der Waals surface area (Å²) in [5, 5.41) is 109. The van der Waals surface area contributed by atoms with Gasteiger partial charge in [-0.15, -0.1) is 0 Å². The molecule has 16 nitrogen and oxygen atoms in total. The second-order valence-electron chi connectivity index (χ2n) is 8.33. The van der Waals surface area contributed by atoms with E-state index in [0.717, 1.165) is 0 Å². The Hall–Kier alpha value is -0.640. The van der Waals surface area contributed by atoms with Crippen LogP contribution in [0.3, 0.4) is 0 Å². The molecular weight excluding hydrogens is 472 g/mol. The number of hydrogen-bond acceptors (Lipinski definition) is 16. The van der Waals surface area contributed by atoms with Crippen molar-refractivity contribution in [1.29, 1.82) is 0 Å². The lowest BCUT2D eigenvalue weighted by Gasteiger charge is -2.47. The van der Waals surface area contributed by atoms with Crippen LogP contribution in [0.1, 0.15) is 0 Å². The Morgan fingerprint density at radius 1 is 0.441 bits per heavy atom. The molecule has 0 saturated carbocycles. The first-order valence-corrected chi connectivity index (χ1v) is 10.6. The van der Waals surface area contributed by atoms with Crippen LogP contribution in [0.4, 0.5) is 0 Å². The molecule has 3 heterocycles. The van der Waals surface area contributed by atoms with Crippen LogP contribution in [-0.4, -0.2) is 168 Å². The first-order valence-electron chi connectivity index (χ1n) is 10.6. The van der Waals surface area contributed by atoms with Crippen molar-refractivity contribution in [3.05, 3.63) is 0 Å². The molecule has 0 aliphatic carbocycles. The van der Waals surface area contributed by atoms with Gasteiger partial charge < -0.3 is 79.9 Å². The van der Waals surface area contributed by atoms with Crippen molar-refractivity contribution in [2.75, 3.05) is 19.8 Å². The van der Waals surface area contributed by atoms with Gasteiger partial charge in [-0.05, 0) is 0 Å². The zero-order chi connectivity index (χ0) is 25.3. The minimum Gasteiger partial charge on any atom is -0.394 e. The van der Waals surface area contributed by atoms with Gasteiger partial charge in [-0.1, -0.05) is 0 Å². The van der Waals surface area contributed by atoms with Gasteiger partial charge in [0.25, 0.3) is 0 Å². The lowest BCUT2D eigenvalue weighted by atomic mass is 9.96. The van der Waals surface area contributed by atoms with Crippen molar-refractivity contribution in [2.24, 2.45) is 0 Å². The van der Waals surface area contributed by atoms with E-state index >= 15 is 0 Å². The van der Waals surface area contributed by atoms with Crippen LogP contribution >= 0.6 is 0 Å². The molecule has 0 aromatic heterocycles. The molecule has 15 atom stereocenters. The fourth-order valence-corrected chi connectivity index (χ4v) is 4.06. The maximum absolute atomic E-state index is 10.6. The Labute approximate surface area is 192 Å². The lowest BCUT2D eigenvalue weighted by molar-refractivity contribution is -0.377. The van der Waals surface area contributed by atoms with Crippen LogP contribution in [0.2, 0.25) is 0 Å². The van der Waals surface area contributed by atoms with E-state index in [9.17, 15) is 56.2 Å². The smallest absolute Gasteiger partial charge is 0.187 e. The molecule has 0 amide bonds. The highest BCUT2D eigenvalue weighted by Crippen LogP contribution is 2.32. The number of aliphatic hydroxyl groups is 11. The summed E-state index contributed by atoms with van der Waals surface area (Å²) in [7, 11) is 0. The summed E-state index contributed by atoms with van der Waals surface area (Å²) in [5.41, 5.74) is 0. The number of ether oxygens (including phenoxy) is 5. The van der Waals surface area contributed by atoms with Crippen LogP contribution < -0.4 is 0 Å². The van der Waals surface area contributed by atoms with E-state index in [1.165, 1.54) is 0 Å². The molecule has 3 aliphatic rings. The Morgan fingerprint density at radius 2 is 0.853 bits per heavy atom. The van der Waals surface area contributed by atoms with Crippen LogP contribution in [-0.2, 0) is 23.7 Å². The van der Waals surface area contributed by atoms with Gasteiger partial charge >= 0.3 is 0 Å². The zero-order valence-corrected chi connectivity index (χ0v) is 17.7. The maximum atomic E-state index is 10.6. The molecule has 0 aromatic carbocycles. The fraction of sp³-hybridized carbons (Fsp3) is 1.00. The first-order chi connectivity index (χ1) is 16.0. The van der Waals surface area contributed by atoms with E-state index in [1.807, 2.05) is 0 Å². The summed E-state index contributed by atoms with van der Waals surface area (Å²) in [6.45, 7) is -2.32. The average molecular weight is 504 g/mol. The highest BCUT2D eigenvalue weighted by Gasteiger charge is 2.53. The second kappa shape index (κ2) is 11.6. The van der Waals surface area contributed by atoms with Crippen LogP contribution in [0.5, 0.6) is 0 Å². The van der Waals surface area contributed by atoms with Crippen molar-refractivity contribution < 1.29 is 79.9 Å². The molecule has 8 unspecified atom stereocenters. The van der Waals surface area contributed by atoms with Crippen LogP contribution in [0, 0.1) is 0 Å². The van der Waals surface area contributed by atoms with E-state index in [2.05, 4.69) is 0 Å². The number of hydrogen-bond donors (Lipinski definition) is 11. The van der Waals surface area contributed by atoms with E-state index in [0.29, 0.717) is 0 Å².